The molecule has 1 aliphatic rings. The van der Waals surface area contributed by atoms with Crippen LogP contribution in [0.4, 0.5) is 0 Å². The Morgan fingerprint density at radius 1 is 1.18 bits per heavy atom. The summed E-state index contributed by atoms with van der Waals surface area (Å²) in [6.45, 7) is 8.92. The van der Waals surface area contributed by atoms with E-state index in [4.69, 9.17) is 14.2 Å². The van der Waals surface area contributed by atoms with E-state index in [0.29, 0.717) is 25.5 Å². The molecule has 0 saturated carbocycles. The fourth-order valence-electron chi connectivity index (χ4n) is 4.28. The summed E-state index contributed by atoms with van der Waals surface area (Å²) in [7, 11) is 5.17. The standard InChI is InChI=1S/C21H40N2O5/c1-8-14(3)19(22-5)17(26-6)13-18(24)23-12-10-11-16(23)20(27-7)15(4)21(25)28-9-2/h14-17,19-20,22H,8-13H2,1-7H3. The second-order valence-electron chi connectivity index (χ2n) is 7.72. The van der Waals surface area contributed by atoms with Crippen LogP contribution in [0.3, 0.4) is 0 Å². The van der Waals surface area contributed by atoms with Gasteiger partial charge in [0.25, 0.3) is 0 Å². The molecule has 164 valence electrons. The molecule has 28 heavy (non-hydrogen) atoms. The third-order valence-electron chi connectivity index (χ3n) is 6.09. The van der Waals surface area contributed by atoms with Gasteiger partial charge in [0, 0.05) is 26.8 Å². The highest BCUT2D eigenvalue weighted by atomic mass is 16.5. The van der Waals surface area contributed by atoms with E-state index in [1.807, 2.05) is 18.9 Å². The number of esters is 1. The van der Waals surface area contributed by atoms with Gasteiger partial charge in [-0.3, -0.25) is 9.59 Å². The van der Waals surface area contributed by atoms with Crippen molar-refractivity contribution >= 4 is 11.9 Å². The summed E-state index contributed by atoms with van der Waals surface area (Å²) in [5.41, 5.74) is 0. The Labute approximate surface area is 170 Å². The van der Waals surface area contributed by atoms with Crippen LogP contribution in [0.25, 0.3) is 0 Å². The summed E-state index contributed by atoms with van der Waals surface area (Å²) in [5, 5.41) is 3.31. The van der Waals surface area contributed by atoms with Crippen molar-refractivity contribution in [2.24, 2.45) is 11.8 Å². The van der Waals surface area contributed by atoms with Crippen molar-refractivity contribution in [1.82, 2.24) is 10.2 Å². The Bertz CT molecular complexity index is 487. The molecule has 1 heterocycles. The van der Waals surface area contributed by atoms with Crippen molar-refractivity contribution in [2.45, 2.75) is 77.7 Å². The van der Waals surface area contributed by atoms with E-state index in [2.05, 4.69) is 19.2 Å². The SMILES string of the molecule is CCOC(=O)C(C)C(OC)C1CCCN1C(=O)CC(OC)C(NC)C(C)CC. The Kier molecular flexibility index (Phi) is 11.0. The summed E-state index contributed by atoms with van der Waals surface area (Å²) in [5.74, 6) is -0.258. The van der Waals surface area contributed by atoms with Gasteiger partial charge in [0.15, 0.2) is 0 Å². The first-order chi connectivity index (χ1) is 13.4. The summed E-state index contributed by atoms with van der Waals surface area (Å²) < 4.78 is 16.5. The quantitative estimate of drug-likeness (QED) is 0.506. The number of nitrogens with one attached hydrogen (secondary N) is 1. The van der Waals surface area contributed by atoms with E-state index >= 15 is 0 Å². The molecule has 7 nitrogen and oxygen atoms in total. The van der Waals surface area contributed by atoms with Crippen LogP contribution in [0.5, 0.6) is 0 Å². The van der Waals surface area contributed by atoms with Crippen LogP contribution in [0.2, 0.25) is 0 Å². The maximum Gasteiger partial charge on any atom is 0.311 e. The summed E-state index contributed by atoms with van der Waals surface area (Å²) in [4.78, 5) is 27.2. The van der Waals surface area contributed by atoms with Crippen LogP contribution < -0.4 is 5.32 Å². The predicted octanol–water partition coefficient (Wildman–Crippen LogP) is 2.23. The van der Waals surface area contributed by atoms with Gasteiger partial charge in [-0.2, -0.15) is 0 Å². The van der Waals surface area contributed by atoms with Gasteiger partial charge in [-0.1, -0.05) is 20.3 Å². The number of likely N-dealkylation sites (tertiary alicyclic amines) is 1. The molecule has 1 fully saturated rings. The van der Waals surface area contributed by atoms with Gasteiger partial charge in [-0.15, -0.1) is 0 Å². The smallest absolute Gasteiger partial charge is 0.311 e. The van der Waals surface area contributed by atoms with E-state index in [0.717, 1.165) is 19.3 Å². The summed E-state index contributed by atoms with van der Waals surface area (Å²) in [6.07, 6.45) is 2.48. The van der Waals surface area contributed by atoms with Gasteiger partial charge < -0.3 is 24.4 Å². The number of hydrogen-bond acceptors (Lipinski definition) is 6. The molecule has 6 atom stereocenters. The molecule has 0 radical (unpaired) electrons. The molecule has 1 aliphatic heterocycles. The Balaban J connectivity index is 2.88. The van der Waals surface area contributed by atoms with Gasteiger partial charge in [-0.25, -0.2) is 0 Å². The van der Waals surface area contributed by atoms with Gasteiger partial charge in [0.05, 0.1) is 37.2 Å². The van der Waals surface area contributed by atoms with Crippen molar-refractivity contribution in [3.05, 3.63) is 0 Å². The molecule has 1 amide bonds. The third kappa shape index (κ3) is 6.16. The Morgan fingerprint density at radius 2 is 1.86 bits per heavy atom. The number of carbonyl (C=O) groups excluding carboxylic acids is 2. The zero-order chi connectivity index (χ0) is 21.3. The highest BCUT2D eigenvalue weighted by Gasteiger charge is 2.41. The normalized spacial score (nSPS) is 22.4. The number of likely N-dealkylation sites (N-methyl/N-ethyl adjacent to an activating group) is 1. The second-order valence-corrected chi connectivity index (χ2v) is 7.72. The van der Waals surface area contributed by atoms with E-state index in [-0.39, 0.29) is 36.2 Å². The summed E-state index contributed by atoms with van der Waals surface area (Å²) in [6, 6.07) is -0.0114. The van der Waals surface area contributed by atoms with Crippen LogP contribution in [0.1, 0.15) is 53.4 Å². The van der Waals surface area contributed by atoms with Crippen LogP contribution >= 0.6 is 0 Å². The topological polar surface area (TPSA) is 77.1 Å². The highest BCUT2D eigenvalue weighted by Crippen LogP contribution is 2.28. The number of amides is 1. The first-order valence-corrected chi connectivity index (χ1v) is 10.5. The lowest BCUT2D eigenvalue weighted by Gasteiger charge is -2.35. The van der Waals surface area contributed by atoms with Crippen molar-refractivity contribution < 1.29 is 23.8 Å². The van der Waals surface area contributed by atoms with Gasteiger partial charge in [0.2, 0.25) is 5.91 Å². The number of ether oxygens (including phenoxy) is 3. The summed E-state index contributed by atoms with van der Waals surface area (Å²) >= 11 is 0. The molecule has 1 rings (SSSR count). The molecule has 0 aromatic heterocycles. The van der Waals surface area contributed by atoms with Gasteiger partial charge >= 0.3 is 5.97 Å². The number of rotatable bonds is 12. The molecular formula is C21H40N2O5. The highest BCUT2D eigenvalue weighted by molar-refractivity contribution is 5.78. The Morgan fingerprint density at radius 3 is 2.36 bits per heavy atom. The van der Waals surface area contributed by atoms with E-state index in [1.54, 1.807) is 21.1 Å². The zero-order valence-electron chi connectivity index (χ0n) is 18.7. The molecular weight excluding hydrogens is 360 g/mol. The minimum atomic E-state index is -0.424. The van der Waals surface area contributed by atoms with E-state index in [1.165, 1.54) is 0 Å². The molecule has 0 aromatic rings. The molecule has 0 aliphatic carbocycles. The fraction of sp³-hybridized carbons (Fsp3) is 0.905. The largest absolute Gasteiger partial charge is 0.466 e. The average Bonchev–Trinajstić information content (AvgIpc) is 3.17. The number of hydrogen-bond donors (Lipinski definition) is 1. The fourth-order valence-corrected chi connectivity index (χ4v) is 4.28. The number of methoxy groups -OCH3 is 2. The maximum absolute atomic E-state index is 13.1. The van der Waals surface area contributed by atoms with Crippen LogP contribution in [-0.2, 0) is 23.8 Å². The third-order valence-corrected chi connectivity index (χ3v) is 6.09. The Hall–Kier alpha value is -1.18. The lowest BCUT2D eigenvalue weighted by molar-refractivity contribution is -0.156. The van der Waals surface area contributed by atoms with Crippen LogP contribution in [0.15, 0.2) is 0 Å². The van der Waals surface area contributed by atoms with Crippen molar-refractivity contribution in [3.63, 3.8) is 0 Å². The lowest BCUT2D eigenvalue weighted by atomic mass is 9.92. The molecule has 1 N–H and O–H groups in total. The monoisotopic (exact) mass is 400 g/mol. The molecule has 0 spiro atoms. The minimum Gasteiger partial charge on any atom is -0.466 e. The van der Waals surface area contributed by atoms with Crippen molar-refractivity contribution in [2.75, 3.05) is 34.4 Å². The second kappa shape index (κ2) is 12.4. The number of carbonyl (C=O) groups is 2. The van der Waals surface area contributed by atoms with Gasteiger partial charge in [0.1, 0.15) is 0 Å². The van der Waals surface area contributed by atoms with E-state index < -0.39 is 5.92 Å². The molecule has 0 aromatic carbocycles. The van der Waals surface area contributed by atoms with Crippen molar-refractivity contribution in [1.29, 1.82) is 0 Å². The molecule has 1 saturated heterocycles. The first-order valence-electron chi connectivity index (χ1n) is 10.5. The first kappa shape index (κ1) is 24.9. The average molecular weight is 401 g/mol. The predicted molar refractivity (Wildman–Crippen MR) is 109 cm³/mol. The van der Waals surface area contributed by atoms with Crippen LogP contribution in [-0.4, -0.2) is 75.5 Å². The van der Waals surface area contributed by atoms with Crippen LogP contribution in [0, 0.1) is 11.8 Å². The van der Waals surface area contributed by atoms with Crippen molar-refractivity contribution in [3.8, 4) is 0 Å². The lowest BCUT2D eigenvalue weighted by Crippen LogP contribution is -2.51. The molecule has 7 heteroatoms. The van der Waals surface area contributed by atoms with Gasteiger partial charge in [-0.05, 0) is 39.7 Å². The zero-order valence-corrected chi connectivity index (χ0v) is 18.7. The maximum atomic E-state index is 13.1. The van der Waals surface area contributed by atoms with E-state index in [9.17, 15) is 9.59 Å². The molecule has 0 bridgehead atoms. The minimum absolute atomic E-state index is 0.0519. The number of nitrogens with zero attached hydrogens (tertiary/aromatic N) is 1. The molecule has 6 unspecified atom stereocenters.